The highest BCUT2D eigenvalue weighted by Gasteiger charge is 2.10. The molecule has 0 bridgehead atoms. The number of fused-ring (bicyclic) bond motifs is 1. The number of thiazole rings is 1. The monoisotopic (exact) mass is 291 g/mol. The first kappa shape index (κ1) is 12.2. The van der Waals surface area contributed by atoms with Crippen molar-refractivity contribution in [2.75, 3.05) is 0 Å². The van der Waals surface area contributed by atoms with Crippen LogP contribution in [0, 0.1) is 0 Å². The van der Waals surface area contributed by atoms with Crippen LogP contribution in [-0.2, 0) is 6.54 Å². The molecule has 2 aromatic heterocycles. The smallest absolute Gasteiger partial charge is 0.271 e. The molecule has 3 aromatic rings. The molecule has 0 saturated carbocycles. The Morgan fingerprint density at radius 1 is 1.37 bits per heavy atom. The van der Waals surface area contributed by atoms with Crippen LogP contribution in [0.25, 0.3) is 4.96 Å². The molecule has 0 aliphatic rings. The van der Waals surface area contributed by atoms with Gasteiger partial charge in [0.1, 0.15) is 5.69 Å². The molecule has 0 atom stereocenters. The van der Waals surface area contributed by atoms with Crippen molar-refractivity contribution in [1.82, 2.24) is 14.7 Å². The number of nitrogens with one attached hydrogen (secondary N) is 1. The Morgan fingerprint density at radius 2 is 2.16 bits per heavy atom. The highest BCUT2D eigenvalue weighted by Crippen LogP contribution is 2.12. The van der Waals surface area contributed by atoms with E-state index in [0.717, 1.165) is 10.5 Å². The Bertz CT molecular complexity index is 688. The first-order valence-electron chi connectivity index (χ1n) is 5.67. The minimum absolute atomic E-state index is 0.175. The summed E-state index contributed by atoms with van der Waals surface area (Å²) < 4.78 is 1.84. The van der Waals surface area contributed by atoms with Crippen molar-refractivity contribution in [1.29, 1.82) is 0 Å². The van der Waals surface area contributed by atoms with Gasteiger partial charge in [-0.3, -0.25) is 9.20 Å². The van der Waals surface area contributed by atoms with Gasteiger partial charge in [-0.1, -0.05) is 23.7 Å². The number of amides is 1. The lowest BCUT2D eigenvalue weighted by molar-refractivity contribution is 0.0946. The van der Waals surface area contributed by atoms with Crippen LogP contribution < -0.4 is 5.32 Å². The standard InChI is InChI=1S/C13H10ClN3OS/c14-10-3-1-9(2-4-10)7-15-12(18)11-8-17-5-6-19-13(17)16-11/h1-6,8H,7H2,(H,15,18). The lowest BCUT2D eigenvalue weighted by Crippen LogP contribution is -2.23. The highest BCUT2D eigenvalue weighted by atomic mass is 35.5. The third-order valence-corrected chi connectivity index (χ3v) is 3.71. The average Bonchev–Trinajstić information content (AvgIpc) is 2.98. The van der Waals surface area contributed by atoms with E-state index in [1.165, 1.54) is 11.3 Å². The highest BCUT2D eigenvalue weighted by molar-refractivity contribution is 7.15. The molecule has 19 heavy (non-hydrogen) atoms. The van der Waals surface area contributed by atoms with Crippen LogP contribution in [0.4, 0.5) is 0 Å². The van der Waals surface area contributed by atoms with E-state index in [9.17, 15) is 4.79 Å². The fourth-order valence-corrected chi connectivity index (χ4v) is 2.54. The molecule has 0 aliphatic carbocycles. The first-order valence-corrected chi connectivity index (χ1v) is 6.93. The third-order valence-electron chi connectivity index (χ3n) is 2.69. The molecule has 2 heterocycles. The number of hydrogen-bond acceptors (Lipinski definition) is 3. The number of carbonyl (C=O) groups is 1. The topological polar surface area (TPSA) is 46.4 Å². The summed E-state index contributed by atoms with van der Waals surface area (Å²) in [5.74, 6) is -0.175. The van der Waals surface area contributed by atoms with Crippen LogP contribution in [0.2, 0.25) is 5.02 Å². The van der Waals surface area contributed by atoms with Crippen LogP contribution in [-0.4, -0.2) is 15.3 Å². The normalized spacial score (nSPS) is 10.8. The molecule has 1 amide bonds. The van der Waals surface area contributed by atoms with E-state index >= 15 is 0 Å². The van der Waals surface area contributed by atoms with E-state index in [-0.39, 0.29) is 5.91 Å². The van der Waals surface area contributed by atoms with Gasteiger partial charge in [-0.2, -0.15) is 0 Å². The van der Waals surface area contributed by atoms with Gasteiger partial charge in [-0.05, 0) is 17.7 Å². The van der Waals surface area contributed by atoms with Crippen molar-refractivity contribution in [2.24, 2.45) is 0 Å². The van der Waals surface area contributed by atoms with Crippen molar-refractivity contribution in [3.8, 4) is 0 Å². The molecule has 0 spiro atoms. The zero-order valence-corrected chi connectivity index (χ0v) is 11.4. The Kier molecular flexibility index (Phi) is 3.23. The average molecular weight is 292 g/mol. The summed E-state index contributed by atoms with van der Waals surface area (Å²) >= 11 is 7.30. The van der Waals surface area contributed by atoms with Gasteiger partial charge in [-0.25, -0.2) is 4.98 Å². The predicted octanol–water partition coefficient (Wildman–Crippen LogP) is 2.98. The van der Waals surface area contributed by atoms with Crippen molar-refractivity contribution < 1.29 is 4.79 Å². The number of hydrogen-bond donors (Lipinski definition) is 1. The summed E-state index contributed by atoms with van der Waals surface area (Å²) in [6.45, 7) is 0.460. The summed E-state index contributed by atoms with van der Waals surface area (Å²) in [6, 6.07) is 7.37. The number of nitrogens with zero attached hydrogens (tertiary/aromatic N) is 2. The van der Waals surface area contributed by atoms with Crippen molar-refractivity contribution >= 4 is 33.8 Å². The van der Waals surface area contributed by atoms with Gasteiger partial charge in [-0.15, -0.1) is 11.3 Å². The summed E-state index contributed by atoms with van der Waals surface area (Å²) in [5, 5.41) is 5.45. The maximum Gasteiger partial charge on any atom is 0.271 e. The van der Waals surface area contributed by atoms with E-state index in [1.54, 1.807) is 18.3 Å². The van der Waals surface area contributed by atoms with E-state index in [4.69, 9.17) is 11.6 Å². The van der Waals surface area contributed by atoms with E-state index in [1.807, 2.05) is 28.1 Å². The molecule has 96 valence electrons. The van der Waals surface area contributed by atoms with Crippen molar-refractivity contribution in [3.63, 3.8) is 0 Å². The lowest BCUT2D eigenvalue weighted by Gasteiger charge is -2.03. The van der Waals surface area contributed by atoms with Gasteiger partial charge >= 0.3 is 0 Å². The Labute approximate surface area is 118 Å². The molecule has 1 N–H and O–H groups in total. The van der Waals surface area contributed by atoms with E-state index in [2.05, 4.69) is 10.3 Å². The number of imidazole rings is 1. The number of benzene rings is 1. The Balaban J connectivity index is 1.68. The van der Waals surface area contributed by atoms with Crippen LogP contribution in [0.3, 0.4) is 0 Å². The zero-order valence-electron chi connectivity index (χ0n) is 9.84. The van der Waals surface area contributed by atoms with Crippen LogP contribution in [0.1, 0.15) is 16.1 Å². The summed E-state index contributed by atoms with van der Waals surface area (Å²) in [4.78, 5) is 17.0. The minimum Gasteiger partial charge on any atom is -0.347 e. The van der Waals surface area contributed by atoms with Crippen LogP contribution in [0.5, 0.6) is 0 Å². The Morgan fingerprint density at radius 3 is 2.89 bits per heavy atom. The fourth-order valence-electron chi connectivity index (χ4n) is 1.71. The molecular formula is C13H10ClN3OS. The second kappa shape index (κ2) is 5.03. The molecule has 3 rings (SSSR count). The minimum atomic E-state index is -0.175. The van der Waals surface area contributed by atoms with Gasteiger partial charge in [0.25, 0.3) is 5.91 Å². The molecule has 0 saturated heterocycles. The molecule has 1 aromatic carbocycles. The van der Waals surface area contributed by atoms with E-state index in [0.29, 0.717) is 17.3 Å². The second-order valence-electron chi connectivity index (χ2n) is 4.03. The summed E-state index contributed by atoms with van der Waals surface area (Å²) in [5.41, 5.74) is 1.43. The lowest BCUT2D eigenvalue weighted by atomic mass is 10.2. The fraction of sp³-hybridized carbons (Fsp3) is 0.0769. The summed E-state index contributed by atoms with van der Waals surface area (Å²) in [6.07, 6.45) is 3.60. The quantitative estimate of drug-likeness (QED) is 0.806. The number of carbonyl (C=O) groups excluding carboxylic acids is 1. The van der Waals surface area contributed by atoms with E-state index < -0.39 is 0 Å². The molecule has 4 nitrogen and oxygen atoms in total. The zero-order chi connectivity index (χ0) is 13.2. The van der Waals surface area contributed by atoms with Crippen LogP contribution >= 0.6 is 22.9 Å². The number of aromatic nitrogens is 2. The van der Waals surface area contributed by atoms with Gasteiger partial charge in [0, 0.05) is 29.3 Å². The molecule has 0 fully saturated rings. The van der Waals surface area contributed by atoms with Crippen LogP contribution in [0.15, 0.2) is 42.0 Å². The Hall–Kier alpha value is -1.85. The number of rotatable bonds is 3. The van der Waals surface area contributed by atoms with Gasteiger partial charge in [0.2, 0.25) is 0 Å². The SMILES string of the molecule is O=C(NCc1ccc(Cl)cc1)c1cn2ccsc2n1. The van der Waals surface area contributed by atoms with Gasteiger partial charge < -0.3 is 5.32 Å². The number of halogens is 1. The maximum absolute atomic E-state index is 11.9. The largest absolute Gasteiger partial charge is 0.347 e. The molecule has 6 heteroatoms. The predicted molar refractivity (Wildman–Crippen MR) is 75.7 cm³/mol. The van der Waals surface area contributed by atoms with Gasteiger partial charge in [0.15, 0.2) is 4.96 Å². The molecular weight excluding hydrogens is 282 g/mol. The molecule has 0 aliphatic heterocycles. The molecule has 0 unspecified atom stereocenters. The van der Waals surface area contributed by atoms with Crippen molar-refractivity contribution in [2.45, 2.75) is 6.54 Å². The summed E-state index contributed by atoms with van der Waals surface area (Å²) in [7, 11) is 0. The first-order chi connectivity index (χ1) is 9.22. The van der Waals surface area contributed by atoms with Crippen molar-refractivity contribution in [3.05, 3.63) is 58.3 Å². The van der Waals surface area contributed by atoms with Gasteiger partial charge in [0.05, 0.1) is 0 Å². The maximum atomic E-state index is 11.9. The second-order valence-corrected chi connectivity index (χ2v) is 5.34. The molecule has 0 radical (unpaired) electrons. The third kappa shape index (κ3) is 2.62.